The molecule has 1 atom stereocenters. The first-order valence-corrected chi connectivity index (χ1v) is 9.22. The molecule has 1 saturated heterocycles. The summed E-state index contributed by atoms with van der Waals surface area (Å²) in [7, 11) is 3.02. The Kier molecular flexibility index (Phi) is 7.14. The number of ether oxygens (including phenoxy) is 2. The molecule has 1 heterocycles. The number of likely N-dealkylation sites (tertiary alicyclic amines) is 1. The Labute approximate surface area is 160 Å². The average molecular weight is 383 g/mol. The standard InChI is InChI=1S/C19H27ClN2O4/c1-13-6-5-8-21(12-13)19(24)7-9-22(14(2)23)16-11-17(25-3)15(20)10-18(16)26-4/h10-11,13H,5-9,12H2,1-4H3. The molecule has 0 aromatic heterocycles. The van der Waals surface area contributed by atoms with Crippen LogP contribution in [0.2, 0.25) is 5.02 Å². The molecule has 0 bridgehead atoms. The number of anilines is 1. The fourth-order valence-electron chi connectivity index (χ4n) is 3.28. The summed E-state index contributed by atoms with van der Waals surface area (Å²) in [5, 5.41) is 0.398. The molecule has 0 N–H and O–H groups in total. The largest absolute Gasteiger partial charge is 0.495 e. The van der Waals surface area contributed by atoms with E-state index in [0.717, 1.165) is 25.9 Å². The molecule has 0 aliphatic carbocycles. The van der Waals surface area contributed by atoms with Crippen LogP contribution in [0.5, 0.6) is 11.5 Å². The number of rotatable bonds is 6. The molecule has 26 heavy (non-hydrogen) atoms. The fraction of sp³-hybridized carbons (Fsp3) is 0.579. The van der Waals surface area contributed by atoms with E-state index in [4.69, 9.17) is 21.1 Å². The summed E-state index contributed by atoms with van der Waals surface area (Å²) < 4.78 is 10.6. The quantitative estimate of drug-likeness (QED) is 0.757. The van der Waals surface area contributed by atoms with Crippen molar-refractivity contribution in [3.8, 4) is 11.5 Å². The number of halogens is 1. The molecule has 1 aliphatic heterocycles. The second-order valence-corrected chi connectivity index (χ2v) is 7.07. The Morgan fingerprint density at radius 1 is 1.27 bits per heavy atom. The number of piperidine rings is 1. The predicted octanol–water partition coefficient (Wildman–Crippen LogP) is 3.36. The van der Waals surface area contributed by atoms with E-state index in [0.29, 0.717) is 28.1 Å². The van der Waals surface area contributed by atoms with Crippen molar-refractivity contribution in [1.82, 2.24) is 4.90 Å². The van der Waals surface area contributed by atoms with Gasteiger partial charge in [0.2, 0.25) is 11.8 Å². The zero-order valence-corrected chi connectivity index (χ0v) is 16.6. The van der Waals surface area contributed by atoms with Gasteiger partial charge in [-0.3, -0.25) is 9.59 Å². The molecule has 2 rings (SSSR count). The van der Waals surface area contributed by atoms with Gasteiger partial charge in [-0.05, 0) is 18.8 Å². The minimum Gasteiger partial charge on any atom is -0.495 e. The van der Waals surface area contributed by atoms with E-state index in [-0.39, 0.29) is 24.8 Å². The molecular formula is C19H27ClN2O4. The van der Waals surface area contributed by atoms with Gasteiger partial charge in [-0.25, -0.2) is 0 Å². The highest BCUT2D eigenvalue weighted by molar-refractivity contribution is 6.32. The Morgan fingerprint density at radius 2 is 1.96 bits per heavy atom. The predicted molar refractivity (Wildman–Crippen MR) is 102 cm³/mol. The number of hydrogen-bond acceptors (Lipinski definition) is 4. The van der Waals surface area contributed by atoms with Crippen LogP contribution in [0.25, 0.3) is 0 Å². The van der Waals surface area contributed by atoms with Crippen LogP contribution in [0, 0.1) is 5.92 Å². The lowest BCUT2D eigenvalue weighted by atomic mass is 10.00. The van der Waals surface area contributed by atoms with Gasteiger partial charge in [-0.1, -0.05) is 18.5 Å². The van der Waals surface area contributed by atoms with Crippen molar-refractivity contribution in [2.75, 3.05) is 38.8 Å². The Hall–Kier alpha value is -1.95. The Balaban J connectivity index is 2.16. The van der Waals surface area contributed by atoms with E-state index >= 15 is 0 Å². The lowest BCUT2D eigenvalue weighted by molar-refractivity contribution is -0.132. The molecule has 0 spiro atoms. The van der Waals surface area contributed by atoms with Gasteiger partial charge in [0, 0.05) is 45.1 Å². The SMILES string of the molecule is COc1cc(N(CCC(=O)N2CCCC(C)C2)C(C)=O)c(OC)cc1Cl. The van der Waals surface area contributed by atoms with Crippen LogP contribution in [-0.2, 0) is 9.59 Å². The van der Waals surface area contributed by atoms with Crippen LogP contribution in [0.1, 0.15) is 33.1 Å². The molecule has 1 aromatic rings. The van der Waals surface area contributed by atoms with E-state index in [9.17, 15) is 9.59 Å². The van der Waals surface area contributed by atoms with Crippen LogP contribution < -0.4 is 14.4 Å². The molecule has 2 amide bonds. The van der Waals surface area contributed by atoms with E-state index in [1.54, 1.807) is 12.1 Å². The summed E-state index contributed by atoms with van der Waals surface area (Å²) in [4.78, 5) is 28.2. The van der Waals surface area contributed by atoms with Gasteiger partial charge in [-0.2, -0.15) is 0 Å². The number of carbonyl (C=O) groups is 2. The molecule has 1 aliphatic rings. The maximum Gasteiger partial charge on any atom is 0.224 e. The normalized spacial score (nSPS) is 17.0. The van der Waals surface area contributed by atoms with E-state index in [2.05, 4.69) is 6.92 Å². The van der Waals surface area contributed by atoms with Crippen molar-refractivity contribution in [2.24, 2.45) is 5.92 Å². The van der Waals surface area contributed by atoms with Gasteiger partial charge in [0.25, 0.3) is 0 Å². The van der Waals surface area contributed by atoms with E-state index in [1.165, 1.54) is 26.0 Å². The minimum absolute atomic E-state index is 0.0719. The minimum atomic E-state index is -0.174. The number of nitrogens with zero attached hydrogens (tertiary/aromatic N) is 2. The highest BCUT2D eigenvalue weighted by Crippen LogP contribution is 2.38. The van der Waals surface area contributed by atoms with Gasteiger partial charge in [0.15, 0.2) is 0 Å². The highest BCUT2D eigenvalue weighted by Gasteiger charge is 2.24. The lowest BCUT2D eigenvalue weighted by Gasteiger charge is -2.32. The second kappa shape index (κ2) is 9.12. The molecule has 1 aromatic carbocycles. The summed E-state index contributed by atoms with van der Waals surface area (Å²) in [5.41, 5.74) is 0.543. The summed E-state index contributed by atoms with van der Waals surface area (Å²) in [6.45, 7) is 5.48. The molecule has 1 unspecified atom stereocenters. The molecule has 6 nitrogen and oxygen atoms in total. The average Bonchev–Trinajstić information content (AvgIpc) is 2.62. The topological polar surface area (TPSA) is 59.1 Å². The summed E-state index contributed by atoms with van der Waals surface area (Å²) in [5.74, 6) is 1.34. The van der Waals surface area contributed by atoms with Crippen LogP contribution in [0.15, 0.2) is 12.1 Å². The zero-order chi connectivity index (χ0) is 19.3. The fourth-order valence-corrected chi connectivity index (χ4v) is 3.52. The van der Waals surface area contributed by atoms with Gasteiger partial charge >= 0.3 is 0 Å². The summed E-state index contributed by atoms with van der Waals surface area (Å²) in [6, 6.07) is 3.27. The maximum absolute atomic E-state index is 12.5. The first kappa shape index (κ1) is 20.4. The highest BCUT2D eigenvalue weighted by atomic mass is 35.5. The first-order chi connectivity index (χ1) is 12.4. The zero-order valence-electron chi connectivity index (χ0n) is 15.9. The summed E-state index contributed by atoms with van der Waals surface area (Å²) >= 11 is 6.14. The number of methoxy groups -OCH3 is 2. The van der Waals surface area contributed by atoms with Crippen molar-refractivity contribution in [2.45, 2.75) is 33.1 Å². The molecule has 0 radical (unpaired) electrons. The number of amides is 2. The third-order valence-electron chi connectivity index (χ3n) is 4.68. The first-order valence-electron chi connectivity index (χ1n) is 8.84. The number of hydrogen-bond donors (Lipinski definition) is 0. The molecule has 1 fully saturated rings. The van der Waals surface area contributed by atoms with Crippen LogP contribution in [0.3, 0.4) is 0 Å². The third-order valence-corrected chi connectivity index (χ3v) is 4.98. The maximum atomic E-state index is 12.5. The smallest absolute Gasteiger partial charge is 0.224 e. The molecule has 7 heteroatoms. The molecular weight excluding hydrogens is 356 g/mol. The van der Waals surface area contributed by atoms with Crippen molar-refractivity contribution >= 4 is 29.1 Å². The lowest BCUT2D eigenvalue weighted by Crippen LogP contribution is -2.41. The van der Waals surface area contributed by atoms with Gasteiger partial charge < -0.3 is 19.3 Å². The second-order valence-electron chi connectivity index (χ2n) is 6.67. The molecule has 144 valence electrons. The van der Waals surface area contributed by atoms with Gasteiger partial charge in [0.05, 0.1) is 24.9 Å². The van der Waals surface area contributed by atoms with Crippen molar-refractivity contribution in [3.63, 3.8) is 0 Å². The monoisotopic (exact) mass is 382 g/mol. The van der Waals surface area contributed by atoms with E-state index in [1.807, 2.05) is 4.90 Å². The number of benzene rings is 1. The van der Waals surface area contributed by atoms with E-state index < -0.39 is 0 Å². The van der Waals surface area contributed by atoms with Crippen LogP contribution in [-0.4, -0.2) is 50.6 Å². The van der Waals surface area contributed by atoms with Crippen LogP contribution >= 0.6 is 11.6 Å². The Morgan fingerprint density at radius 3 is 2.54 bits per heavy atom. The van der Waals surface area contributed by atoms with Crippen molar-refractivity contribution in [1.29, 1.82) is 0 Å². The van der Waals surface area contributed by atoms with Gasteiger partial charge in [-0.15, -0.1) is 0 Å². The van der Waals surface area contributed by atoms with Crippen molar-refractivity contribution < 1.29 is 19.1 Å². The van der Waals surface area contributed by atoms with Crippen LogP contribution in [0.4, 0.5) is 5.69 Å². The third kappa shape index (κ3) is 4.81. The molecule has 0 saturated carbocycles. The Bertz CT molecular complexity index is 665. The van der Waals surface area contributed by atoms with Gasteiger partial charge in [0.1, 0.15) is 11.5 Å². The number of carbonyl (C=O) groups excluding carboxylic acids is 2. The van der Waals surface area contributed by atoms with Crippen molar-refractivity contribution in [3.05, 3.63) is 17.2 Å². The summed E-state index contributed by atoms with van der Waals surface area (Å²) in [6.07, 6.45) is 2.46.